The summed E-state index contributed by atoms with van der Waals surface area (Å²) < 4.78 is 4.98. The second-order valence-electron chi connectivity index (χ2n) is 3.66. The normalized spacial score (nSPS) is 9.55. The third-order valence-corrected chi connectivity index (χ3v) is 2.57. The summed E-state index contributed by atoms with van der Waals surface area (Å²) in [6.07, 6.45) is 0. The molecule has 8 heteroatoms. The Morgan fingerprint density at radius 3 is 2.50 bits per heavy atom. The molecule has 1 rings (SSSR count). The maximum absolute atomic E-state index is 11.6. The van der Waals surface area contributed by atoms with Gasteiger partial charge in [-0.05, 0) is 18.2 Å². The van der Waals surface area contributed by atoms with Crippen LogP contribution in [-0.2, 0) is 14.4 Å². The predicted octanol–water partition coefficient (Wildman–Crippen LogP) is 0.149. The monoisotopic (exact) mass is 299 g/mol. The van der Waals surface area contributed by atoms with E-state index in [9.17, 15) is 14.4 Å². The number of anilines is 1. The van der Waals surface area contributed by atoms with E-state index in [0.29, 0.717) is 16.5 Å². The molecular formula is C12H14ClN3O4. The van der Waals surface area contributed by atoms with Crippen molar-refractivity contribution in [3.05, 3.63) is 23.2 Å². The highest BCUT2D eigenvalue weighted by Gasteiger charge is 2.12. The van der Waals surface area contributed by atoms with Crippen LogP contribution in [0.3, 0.4) is 0 Å². The molecule has 20 heavy (non-hydrogen) atoms. The SMILES string of the molecule is CNC(=O)C(=O)NCC(=O)Nc1ccc(OC)c(Cl)c1. The first-order valence-electron chi connectivity index (χ1n) is 5.61. The number of rotatable bonds is 4. The Labute approximate surface area is 120 Å². The molecule has 0 aliphatic heterocycles. The second kappa shape index (κ2) is 7.34. The van der Waals surface area contributed by atoms with Crippen molar-refractivity contribution >= 4 is 35.0 Å². The molecule has 7 nitrogen and oxygen atoms in total. The second-order valence-corrected chi connectivity index (χ2v) is 4.07. The number of amides is 3. The lowest BCUT2D eigenvalue weighted by Gasteiger charge is -2.08. The number of nitrogens with one attached hydrogen (secondary N) is 3. The molecule has 0 saturated carbocycles. The average molecular weight is 300 g/mol. The maximum Gasteiger partial charge on any atom is 0.309 e. The summed E-state index contributed by atoms with van der Waals surface area (Å²) >= 11 is 5.90. The van der Waals surface area contributed by atoms with E-state index in [1.165, 1.54) is 20.2 Å². The van der Waals surface area contributed by atoms with Crippen LogP contribution in [0.1, 0.15) is 0 Å². The number of ether oxygens (including phenoxy) is 1. The maximum atomic E-state index is 11.6. The zero-order valence-corrected chi connectivity index (χ0v) is 11.7. The molecule has 1 aromatic rings. The van der Waals surface area contributed by atoms with Gasteiger partial charge in [0, 0.05) is 12.7 Å². The van der Waals surface area contributed by atoms with Gasteiger partial charge >= 0.3 is 11.8 Å². The van der Waals surface area contributed by atoms with Crippen molar-refractivity contribution in [3.8, 4) is 5.75 Å². The van der Waals surface area contributed by atoms with Crippen molar-refractivity contribution in [2.45, 2.75) is 0 Å². The lowest BCUT2D eigenvalue weighted by molar-refractivity contribution is -0.139. The molecule has 0 aliphatic rings. The van der Waals surface area contributed by atoms with Crippen LogP contribution in [0.25, 0.3) is 0 Å². The number of likely N-dealkylation sites (N-methyl/N-ethyl adjacent to an activating group) is 1. The standard InChI is InChI=1S/C12H14ClN3O4/c1-14-11(18)12(19)15-6-10(17)16-7-3-4-9(20-2)8(13)5-7/h3-5H,6H2,1-2H3,(H,14,18)(H,15,19)(H,16,17). The fourth-order valence-electron chi connectivity index (χ4n) is 1.30. The summed E-state index contributed by atoms with van der Waals surface area (Å²) in [5.74, 6) is -1.69. The molecule has 0 aromatic heterocycles. The summed E-state index contributed by atoms with van der Waals surface area (Å²) in [4.78, 5) is 33.6. The molecule has 3 amide bonds. The Balaban J connectivity index is 2.52. The molecule has 0 aliphatic carbocycles. The topological polar surface area (TPSA) is 96.5 Å². The van der Waals surface area contributed by atoms with Crippen molar-refractivity contribution < 1.29 is 19.1 Å². The highest BCUT2D eigenvalue weighted by molar-refractivity contribution is 6.35. The van der Waals surface area contributed by atoms with Gasteiger partial charge < -0.3 is 20.7 Å². The molecular weight excluding hydrogens is 286 g/mol. The van der Waals surface area contributed by atoms with Gasteiger partial charge in [-0.1, -0.05) is 11.6 Å². The fourth-order valence-corrected chi connectivity index (χ4v) is 1.56. The lowest BCUT2D eigenvalue weighted by atomic mass is 10.3. The van der Waals surface area contributed by atoms with Gasteiger partial charge in [-0.15, -0.1) is 0 Å². The average Bonchev–Trinajstić information content (AvgIpc) is 2.44. The van der Waals surface area contributed by atoms with Gasteiger partial charge in [0.05, 0.1) is 18.7 Å². The van der Waals surface area contributed by atoms with Gasteiger partial charge in [0.15, 0.2) is 0 Å². The van der Waals surface area contributed by atoms with Gasteiger partial charge in [-0.3, -0.25) is 14.4 Å². The first-order valence-corrected chi connectivity index (χ1v) is 5.99. The smallest absolute Gasteiger partial charge is 0.309 e. The zero-order chi connectivity index (χ0) is 15.1. The van der Waals surface area contributed by atoms with E-state index in [4.69, 9.17) is 16.3 Å². The third kappa shape index (κ3) is 4.43. The Morgan fingerprint density at radius 1 is 1.25 bits per heavy atom. The van der Waals surface area contributed by atoms with Crippen molar-refractivity contribution in [1.29, 1.82) is 0 Å². The van der Waals surface area contributed by atoms with Crippen molar-refractivity contribution in [2.75, 3.05) is 26.0 Å². The van der Waals surface area contributed by atoms with Crippen LogP contribution < -0.4 is 20.7 Å². The van der Waals surface area contributed by atoms with E-state index >= 15 is 0 Å². The van der Waals surface area contributed by atoms with Crippen LogP contribution in [0.4, 0.5) is 5.69 Å². The van der Waals surface area contributed by atoms with Crippen LogP contribution >= 0.6 is 11.6 Å². The summed E-state index contributed by atoms with van der Waals surface area (Å²) in [6.45, 7) is -0.324. The third-order valence-electron chi connectivity index (χ3n) is 2.28. The number of carbonyl (C=O) groups excluding carboxylic acids is 3. The van der Waals surface area contributed by atoms with Gasteiger partial charge in [0.25, 0.3) is 0 Å². The van der Waals surface area contributed by atoms with E-state index < -0.39 is 17.7 Å². The molecule has 0 saturated heterocycles. The number of methoxy groups -OCH3 is 1. The molecule has 0 unspecified atom stereocenters. The molecule has 0 radical (unpaired) electrons. The first-order chi connectivity index (χ1) is 9.47. The Morgan fingerprint density at radius 2 is 1.95 bits per heavy atom. The van der Waals surface area contributed by atoms with E-state index in [-0.39, 0.29) is 6.54 Å². The zero-order valence-electron chi connectivity index (χ0n) is 11.0. The summed E-state index contributed by atoms with van der Waals surface area (Å²) in [5.41, 5.74) is 0.454. The van der Waals surface area contributed by atoms with Crippen LogP contribution in [0, 0.1) is 0 Å². The minimum absolute atomic E-state index is 0.324. The molecule has 3 N–H and O–H groups in total. The summed E-state index contributed by atoms with van der Waals surface area (Å²) in [5, 5.41) is 7.18. The van der Waals surface area contributed by atoms with Crippen LogP contribution in [0.15, 0.2) is 18.2 Å². The Bertz CT molecular complexity index is 533. The minimum Gasteiger partial charge on any atom is -0.495 e. The van der Waals surface area contributed by atoms with Gasteiger partial charge in [0.2, 0.25) is 5.91 Å². The van der Waals surface area contributed by atoms with Gasteiger partial charge in [-0.2, -0.15) is 0 Å². The first kappa shape index (κ1) is 15.8. The van der Waals surface area contributed by atoms with Crippen molar-refractivity contribution in [3.63, 3.8) is 0 Å². The minimum atomic E-state index is -0.879. The fraction of sp³-hybridized carbons (Fsp3) is 0.250. The molecule has 108 valence electrons. The number of carbonyl (C=O) groups is 3. The Kier molecular flexibility index (Phi) is 5.79. The lowest BCUT2D eigenvalue weighted by Crippen LogP contribution is -2.41. The van der Waals surface area contributed by atoms with E-state index in [2.05, 4.69) is 16.0 Å². The van der Waals surface area contributed by atoms with E-state index in [1.807, 2.05) is 0 Å². The molecule has 0 spiro atoms. The number of halogens is 1. The highest BCUT2D eigenvalue weighted by Crippen LogP contribution is 2.26. The summed E-state index contributed by atoms with van der Waals surface area (Å²) in [6, 6.07) is 4.71. The van der Waals surface area contributed by atoms with Gasteiger partial charge in [-0.25, -0.2) is 0 Å². The van der Waals surface area contributed by atoms with E-state index in [0.717, 1.165) is 0 Å². The number of hydrogen-bond donors (Lipinski definition) is 3. The predicted molar refractivity (Wildman–Crippen MR) is 73.7 cm³/mol. The van der Waals surface area contributed by atoms with Crippen LogP contribution in [0.2, 0.25) is 5.02 Å². The largest absolute Gasteiger partial charge is 0.495 e. The van der Waals surface area contributed by atoms with Crippen molar-refractivity contribution in [2.24, 2.45) is 0 Å². The quantitative estimate of drug-likeness (QED) is 0.690. The molecule has 0 atom stereocenters. The molecule has 1 aromatic carbocycles. The molecule has 0 bridgehead atoms. The van der Waals surface area contributed by atoms with E-state index in [1.54, 1.807) is 12.1 Å². The molecule has 0 heterocycles. The van der Waals surface area contributed by atoms with Gasteiger partial charge in [0.1, 0.15) is 5.75 Å². The number of hydrogen-bond acceptors (Lipinski definition) is 4. The molecule has 0 fully saturated rings. The highest BCUT2D eigenvalue weighted by atomic mass is 35.5. The van der Waals surface area contributed by atoms with Crippen molar-refractivity contribution in [1.82, 2.24) is 10.6 Å². The Hall–Kier alpha value is -2.28. The van der Waals surface area contributed by atoms with Crippen LogP contribution in [-0.4, -0.2) is 38.4 Å². The summed E-state index contributed by atoms with van der Waals surface area (Å²) in [7, 11) is 2.80. The number of benzene rings is 1. The van der Waals surface area contributed by atoms with Crippen LogP contribution in [0.5, 0.6) is 5.75 Å².